The maximum absolute atomic E-state index is 12.4. The molecule has 0 amide bonds. The number of benzene rings is 1. The average molecular weight is 337 g/mol. The summed E-state index contributed by atoms with van der Waals surface area (Å²) in [6.07, 6.45) is 2.26. The van der Waals surface area contributed by atoms with Crippen molar-refractivity contribution in [3.63, 3.8) is 0 Å². The van der Waals surface area contributed by atoms with E-state index in [9.17, 15) is 4.79 Å². The Labute approximate surface area is 145 Å². The maximum Gasteiger partial charge on any atom is 0.254 e. The number of para-hydroxylation sites is 1. The highest BCUT2D eigenvalue weighted by atomic mass is 16.5. The molecule has 2 aromatic heterocycles. The minimum atomic E-state index is -0.0756. The van der Waals surface area contributed by atoms with Crippen LogP contribution in [0.25, 0.3) is 11.6 Å². The molecule has 1 aliphatic rings. The summed E-state index contributed by atoms with van der Waals surface area (Å²) < 4.78 is 10.8. The number of hydrogen-bond acceptors (Lipinski definition) is 5. The van der Waals surface area contributed by atoms with Crippen molar-refractivity contribution in [3.8, 4) is 17.3 Å². The highest BCUT2D eigenvalue weighted by molar-refractivity contribution is 5.47. The smallest absolute Gasteiger partial charge is 0.254 e. The molecule has 4 rings (SSSR count). The van der Waals surface area contributed by atoms with Crippen molar-refractivity contribution < 1.29 is 9.15 Å². The molecule has 3 aromatic rings. The SMILES string of the molecule is COc1ccccc1CN1CCc2c(nc(-c3ccco3)[nH]c2=O)C1. The van der Waals surface area contributed by atoms with E-state index in [-0.39, 0.29) is 5.56 Å². The Morgan fingerprint density at radius 2 is 2.16 bits per heavy atom. The summed E-state index contributed by atoms with van der Waals surface area (Å²) in [5.41, 5.74) is 2.64. The molecule has 0 aliphatic carbocycles. The van der Waals surface area contributed by atoms with E-state index < -0.39 is 0 Å². The lowest BCUT2D eigenvalue weighted by Crippen LogP contribution is -2.35. The number of nitrogens with one attached hydrogen (secondary N) is 1. The summed E-state index contributed by atoms with van der Waals surface area (Å²) in [6.45, 7) is 2.20. The van der Waals surface area contributed by atoms with E-state index >= 15 is 0 Å². The van der Waals surface area contributed by atoms with E-state index in [1.807, 2.05) is 18.2 Å². The first-order valence-electron chi connectivity index (χ1n) is 8.25. The molecule has 0 spiro atoms. The highest BCUT2D eigenvalue weighted by Crippen LogP contribution is 2.23. The summed E-state index contributed by atoms with van der Waals surface area (Å²) >= 11 is 0. The highest BCUT2D eigenvalue weighted by Gasteiger charge is 2.22. The molecule has 25 heavy (non-hydrogen) atoms. The third-order valence-electron chi connectivity index (χ3n) is 4.49. The zero-order chi connectivity index (χ0) is 17.2. The predicted octanol–water partition coefficient (Wildman–Crippen LogP) is 2.60. The van der Waals surface area contributed by atoms with Crippen LogP contribution in [0.5, 0.6) is 5.75 Å². The van der Waals surface area contributed by atoms with E-state index in [2.05, 4.69) is 20.9 Å². The van der Waals surface area contributed by atoms with Crippen LogP contribution in [-0.2, 0) is 19.5 Å². The van der Waals surface area contributed by atoms with Gasteiger partial charge in [-0.15, -0.1) is 0 Å². The number of methoxy groups -OCH3 is 1. The van der Waals surface area contributed by atoms with Gasteiger partial charge in [0.2, 0.25) is 0 Å². The molecule has 0 atom stereocenters. The monoisotopic (exact) mass is 337 g/mol. The van der Waals surface area contributed by atoms with Crippen molar-refractivity contribution in [1.29, 1.82) is 0 Å². The van der Waals surface area contributed by atoms with Gasteiger partial charge in [0.15, 0.2) is 11.6 Å². The van der Waals surface area contributed by atoms with E-state index in [4.69, 9.17) is 9.15 Å². The van der Waals surface area contributed by atoms with Crippen molar-refractivity contribution in [2.45, 2.75) is 19.5 Å². The first-order chi connectivity index (χ1) is 12.2. The summed E-state index contributed by atoms with van der Waals surface area (Å²) in [4.78, 5) is 22.1. The molecule has 0 fully saturated rings. The van der Waals surface area contributed by atoms with Gasteiger partial charge < -0.3 is 14.1 Å². The topological polar surface area (TPSA) is 71.4 Å². The second kappa shape index (κ2) is 6.57. The Morgan fingerprint density at radius 1 is 1.28 bits per heavy atom. The van der Waals surface area contributed by atoms with Crippen molar-refractivity contribution in [2.24, 2.45) is 0 Å². The van der Waals surface area contributed by atoms with E-state index in [1.165, 1.54) is 0 Å². The van der Waals surface area contributed by atoms with Gasteiger partial charge in [-0.2, -0.15) is 0 Å². The van der Waals surface area contributed by atoms with Crippen LogP contribution in [0.4, 0.5) is 0 Å². The minimum Gasteiger partial charge on any atom is -0.496 e. The second-order valence-electron chi connectivity index (χ2n) is 6.09. The standard InChI is InChI=1S/C19H19N3O3/c1-24-16-6-3-2-5-13(16)11-22-9-8-14-15(12-22)20-18(21-19(14)23)17-7-4-10-25-17/h2-7,10H,8-9,11-12H2,1H3,(H,20,21,23). The number of nitrogens with zero attached hydrogens (tertiary/aromatic N) is 2. The summed E-state index contributed by atoms with van der Waals surface area (Å²) in [5, 5.41) is 0. The Morgan fingerprint density at radius 3 is 2.96 bits per heavy atom. The molecule has 1 aromatic carbocycles. The maximum atomic E-state index is 12.4. The molecule has 3 heterocycles. The van der Waals surface area contributed by atoms with E-state index in [0.29, 0.717) is 24.6 Å². The van der Waals surface area contributed by atoms with Gasteiger partial charge in [-0.05, 0) is 24.6 Å². The molecule has 6 heteroatoms. The Hall–Kier alpha value is -2.86. The molecule has 0 saturated heterocycles. The van der Waals surface area contributed by atoms with Gasteiger partial charge >= 0.3 is 0 Å². The van der Waals surface area contributed by atoms with Crippen LogP contribution in [-0.4, -0.2) is 28.5 Å². The number of hydrogen-bond donors (Lipinski definition) is 1. The summed E-state index contributed by atoms with van der Waals surface area (Å²) in [6, 6.07) is 11.6. The molecule has 6 nitrogen and oxygen atoms in total. The number of furan rings is 1. The molecule has 0 saturated carbocycles. The zero-order valence-electron chi connectivity index (χ0n) is 14.0. The number of fused-ring (bicyclic) bond motifs is 1. The van der Waals surface area contributed by atoms with Crippen molar-refractivity contribution >= 4 is 0 Å². The van der Waals surface area contributed by atoms with E-state index in [0.717, 1.165) is 35.7 Å². The van der Waals surface area contributed by atoms with Gasteiger partial charge in [0.25, 0.3) is 5.56 Å². The van der Waals surface area contributed by atoms with Gasteiger partial charge in [0.05, 0.1) is 19.1 Å². The van der Waals surface area contributed by atoms with Gasteiger partial charge in [-0.25, -0.2) is 4.98 Å². The fourth-order valence-corrected chi connectivity index (χ4v) is 3.23. The van der Waals surface area contributed by atoms with E-state index in [1.54, 1.807) is 25.5 Å². The minimum absolute atomic E-state index is 0.0756. The van der Waals surface area contributed by atoms with Crippen molar-refractivity contribution in [1.82, 2.24) is 14.9 Å². The quantitative estimate of drug-likeness (QED) is 0.792. The van der Waals surface area contributed by atoms with Crippen LogP contribution in [0.15, 0.2) is 51.9 Å². The molecule has 0 radical (unpaired) electrons. The first-order valence-corrected chi connectivity index (χ1v) is 8.25. The molecular weight excluding hydrogens is 318 g/mol. The summed E-state index contributed by atoms with van der Waals surface area (Å²) in [7, 11) is 1.68. The van der Waals surface area contributed by atoms with Gasteiger partial charge in [-0.1, -0.05) is 18.2 Å². The lowest BCUT2D eigenvalue weighted by Gasteiger charge is -2.28. The van der Waals surface area contributed by atoms with Crippen LogP contribution in [0.2, 0.25) is 0 Å². The molecular formula is C19H19N3O3. The van der Waals surface area contributed by atoms with Crippen LogP contribution >= 0.6 is 0 Å². The number of rotatable bonds is 4. The normalized spacial score (nSPS) is 14.3. The second-order valence-corrected chi connectivity index (χ2v) is 6.09. The number of ether oxygens (including phenoxy) is 1. The molecule has 0 bridgehead atoms. The third kappa shape index (κ3) is 3.08. The molecule has 0 unspecified atom stereocenters. The molecule has 1 aliphatic heterocycles. The van der Waals surface area contributed by atoms with Crippen LogP contribution < -0.4 is 10.3 Å². The Kier molecular flexibility index (Phi) is 4.11. The number of aromatic nitrogens is 2. The fourth-order valence-electron chi connectivity index (χ4n) is 3.23. The van der Waals surface area contributed by atoms with Gasteiger partial charge in [0, 0.05) is 30.8 Å². The van der Waals surface area contributed by atoms with Crippen LogP contribution in [0.3, 0.4) is 0 Å². The molecule has 1 N–H and O–H groups in total. The fraction of sp³-hybridized carbons (Fsp3) is 0.263. The average Bonchev–Trinajstić information content (AvgIpc) is 3.16. The first kappa shape index (κ1) is 15.7. The van der Waals surface area contributed by atoms with Crippen molar-refractivity contribution in [2.75, 3.05) is 13.7 Å². The van der Waals surface area contributed by atoms with Gasteiger partial charge in [-0.3, -0.25) is 9.69 Å². The Bertz CT molecular complexity index is 931. The zero-order valence-corrected chi connectivity index (χ0v) is 14.0. The summed E-state index contributed by atoms with van der Waals surface area (Å²) in [5.74, 6) is 1.93. The molecule has 128 valence electrons. The largest absolute Gasteiger partial charge is 0.496 e. The van der Waals surface area contributed by atoms with Crippen molar-refractivity contribution in [3.05, 3.63) is 69.8 Å². The number of H-pyrrole nitrogens is 1. The lowest BCUT2D eigenvalue weighted by atomic mass is 10.1. The number of aromatic amines is 1. The third-order valence-corrected chi connectivity index (χ3v) is 4.49. The predicted molar refractivity (Wildman–Crippen MR) is 93.4 cm³/mol. The van der Waals surface area contributed by atoms with Crippen LogP contribution in [0, 0.1) is 0 Å². The van der Waals surface area contributed by atoms with Gasteiger partial charge in [0.1, 0.15) is 5.75 Å². The van der Waals surface area contributed by atoms with Crippen LogP contribution in [0.1, 0.15) is 16.8 Å². The Balaban J connectivity index is 1.61. The lowest BCUT2D eigenvalue weighted by molar-refractivity contribution is 0.237.